The summed E-state index contributed by atoms with van der Waals surface area (Å²) < 4.78 is 0. The molecule has 0 radical (unpaired) electrons. The van der Waals surface area contributed by atoms with Crippen molar-refractivity contribution < 1.29 is 4.92 Å². The van der Waals surface area contributed by atoms with E-state index in [0.29, 0.717) is 0 Å². The van der Waals surface area contributed by atoms with Crippen molar-refractivity contribution >= 4 is 11.5 Å². The van der Waals surface area contributed by atoms with Gasteiger partial charge < -0.3 is 10.6 Å². The Kier molecular flexibility index (Phi) is 2.51. The van der Waals surface area contributed by atoms with Gasteiger partial charge in [-0.15, -0.1) is 0 Å². The largest absolute Gasteiger partial charge is 0.355 e. The van der Waals surface area contributed by atoms with Gasteiger partial charge in [0.15, 0.2) is 0 Å². The number of nitrogens with zero attached hydrogens (tertiary/aromatic N) is 3. The van der Waals surface area contributed by atoms with Gasteiger partial charge in [-0.25, -0.2) is 4.98 Å². The molecule has 1 atom stereocenters. The molecular formula is C9H12N4O2. The van der Waals surface area contributed by atoms with Crippen molar-refractivity contribution in [2.45, 2.75) is 12.5 Å². The van der Waals surface area contributed by atoms with Crippen LogP contribution < -0.4 is 10.6 Å². The first-order chi connectivity index (χ1) is 7.16. The van der Waals surface area contributed by atoms with Crippen LogP contribution in [0.2, 0.25) is 0 Å². The van der Waals surface area contributed by atoms with Gasteiger partial charge in [0.1, 0.15) is 12.0 Å². The van der Waals surface area contributed by atoms with Crippen molar-refractivity contribution in [3.63, 3.8) is 0 Å². The molecule has 6 heteroatoms. The second-order valence-electron chi connectivity index (χ2n) is 3.63. The topological polar surface area (TPSA) is 85.3 Å². The number of aromatic nitrogens is 1. The normalized spacial score (nSPS) is 20.6. The van der Waals surface area contributed by atoms with Crippen molar-refractivity contribution in [3.05, 3.63) is 28.4 Å². The third-order valence-corrected chi connectivity index (χ3v) is 2.49. The van der Waals surface area contributed by atoms with Gasteiger partial charge >= 0.3 is 0 Å². The predicted molar refractivity (Wildman–Crippen MR) is 55.7 cm³/mol. The molecule has 1 aromatic heterocycles. The van der Waals surface area contributed by atoms with Gasteiger partial charge in [0.25, 0.3) is 5.69 Å². The van der Waals surface area contributed by atoms with Crippen molar-refractivity contribution in [2.24, 2.45) is 5.73 Å². The highest BCUT2D eigenvalue weighted by molar-refractivity contribution is 5.44. The Bertz CT molecular complexity index is 365. The van der Waals surface area contributed by atoms with E-state index in [-0.39, 0.29) is 11.7 Å². The molecule has 0 aliphatic carbocycles. The van der Waals surface area contributed by atoms with E-state index in [1.54, 1.807) is 6.07 Å². The van der Waals surface area contributed by atoms with E-state index in [4.69, 9.17) is 5.73 Å². The summed E-state index contributed by atoms with van der Waals surface area (Å²) in [6, 6.07) is 3.31. The lowest BCUT2D eigenvalue weighted by Crippen LogP contribution is -2.26. The Morgan fingerprint density at radius 2 is 2.40 bits per heavy atom. The standard InChI is InChI=1S/C9H12N4O2/c10-7-3-4-12(6-7)9-2-1-8(5-11-9)13(14)15/h1-2,5,7H,3-4,6,10H2/t7-/m1/s1. The van der Waals surface area contributed by atoms with Gasteiger partial charge in [-0.3, -0.25) is 10.1 Å². The van der Waals surface area contributed by atoms with Crippen molar-refractivity contribution in [2.75, 3.05) is 18.0 Å². The first-order valence-electron chi connectivity index (χ1n) is 4.78. The summed E-state index contributed by atoms with van der Waals surface area (Å²) in [5, 5.41) is 10.4. The summed E-state index contributed by atoms with van der Waals surface area (Å²) in [7, 11) is 0. The van der Waals surface area contributed by atoms with Crippen LogP contribution in [0.25, 0.3) is 0 Å². The van der Waals surface area contributed by atoms with E-state index >= 15 is 0 Å². The Morgan fingerprint density at radius 3 is 2.87 bits per heavy atom. The summed E-state index contributed by atoms with van der Waals surface area (Å²) in [6.07, 6.45) is 2.22. The monoisotopic (exact) mass is 208 g/mol. The summed E-state index contributed by atoms with van der Waals surface area (Å²) in [6.45, 7) is 1.64. The number of hydrogen-bond acceptors (Lipinski definition) is 5. The average molecular weight is 208 g/mol. The third-order valence-electron chi connectivity index (χ3n) is 2.49. The van der Waals surface area contributed by atoms with Gasteiger partial charge in [0.2, 0.25) is 0 Å². The van der Waals surface area contributed by atoms with E-state index in [0.717, 1.165) is 25.3 Å². The minimum atomic E-state index is -0.452. The van der Waals surface area contributed by atoms with Gasteiger partial charge in [-0.1, -0.05) is 0 Å². The summed E-state index contributed by atoms with van der Waals surface area (Å²) in [5.41, 5.74) is 5.78. The van der Waals surface area contributed by atoms with Crippen LogP contribution in [0.15, 0.2) is 18.3 Å². The maximum Gasteiger partial charge on any atom is 0.287 e. The highest BCUT2D eigenvalue weighted by atomic mass is 16.6. The molecule has 1 saturated heterocycles. The van der Waals surface area contributed by atoms with Crippen molar-refractivity contribution in [3.8, 4) is 0 Å². The number of hydrogen-bond donors (Lipinski definition) is 1. The number of nitrogens with two attached hydrogens (primary N) is 1. The SMILES string of the molecule is N[C@@H]1CCN(c2ccc([N+](=O)[O-])cn2)C1. The number of nitro groups is 1. The molecular weight excluding hydrogens is 196 g/mol. The lowest BCUT2D eigenvalue weighted by atomic mass is 10.3. The minimum absolute atomic E-state index is 0.0160. The number of rotatable bonds is 2. The van der Waals surface area contributed by atoms with Crippen molar-refractivity contribution in [1.82, 2.24) is 4.98 Å². The smallest absolute Gasteiger partial charge is 0.287 e. The third kappa shape index (κ3) is 2.04. The molecule has 2 rings (SSSR count). The molecule has 0 bridgehead atoms. The second kappa shape index (κ2) is 3.82. The van der Waals surface area contributed by atoms with Crippen LogP contribution >= 0.6 is 0 Å². The molecule has 80 valence electrons. The predicted octanol–water partition coefficient (Wildman–Crippen LogP) is 0.527. The Hall–Kier alpha value is -1.69. The highest BCUT2D eigenvalue weighted by Crippen LogP contribution is 2.19. The van der Waals surface area contributed by atoms with Gasteiger partial charge in [0, 0.05) is 25.2 Å². The summed E-state index contributed by atoms with van der Waals surface area (Å²) >= 11 is 0. The van der Waals surface area contributed by atoms with E-state index in [1.807, 2.05) is 4.90 Å². The first-order valence-corrected chi connectivity index (χ1v) is 4.78. The Balaban J connectivity index is 2.13. The molecule has 1 aliphatic rings. The molecule has 2 heterocycles. The highest BCUT2D eigenvalue weighted by Gasteiger charge is 2.20. The van der Waals surface area contributed by atoms with E-state index in [9.17, 15) is 10.1 Å². The molecule has 2 N–H and O–H groups in total. The van der Waals surface area contributed by atoms with Crippen LogP contribution in [-0.4, -0.2) is 29.0 Å². The first kappa shape index (κ1) is 9.85. The average Bonchev–Trinajstić information content (AvgIpc) is 2.65. The maximum absolute atomic E-state index is 10.4. The zero-order valence-electron chi connectivity index (χ0n) is 8.17. The zero-order chi connectivity index (χ0) is 10.8. The van der Waals surface area contributed by atoms with Gasteiger partial charge in [0.05, 0.1) is 4.92 Å². The fourth-order valence-electron chi connectivity index (χ4n) is 1.67. The van der Waals surface area contributed by atoms with Gasteiger partial charge in [-0.2, -0.15) is 0 Å². The molecule has 0 amide bonds. The molecule has 0 spiro atoms. The Morgan fingerprint density at radius 1 is 1.60 bits per heavy atom. The second-order valence-corrected chi connectivity index (χ2v) is 3.63. The number of pyridine rings is 1. The lowest BCUT2D eigenvalue weighted by molar-refractivity contribution is -0.385. The molecule has 1 fully saturated rings. The maximum atomic E-state index is 10.4. The van der Waals surface area contributed by atoms with Crippen LogP contribution in [0, 0.1) is 10.1 Å². The molecule has 0 aromatic carbocycles. The zero-order valence-corrected chi connectivity index (χ0v) is 8.17. The fraction of sp³-hybridized carbons (Fsp3) is 0.444. The molecule has 0 unspecified atom stereocenters. The summed E-state index contributed by atoms with van der Waals surface area (Å²) in [4.78, 5) is 16.0. The van der Waals surface area contributed by atoms with Crippen molar-refractivity contribution in [1.29, 1.82) is 0 Å². The quantitative estimate of drug-likeness (QED) is 0.566. The molecule has 0 saturated carbocycles. The lowest BCUT2D eigenvalue weighted by Gasteiger charge is -2.15. The van der Waals surface area contributed by atoms with Crippen LogP contribution in [0.5, 0.6) is 0 Å². The fourth-order valence-corrected chi connectivity index (χ4v) is 1.67. The number of anilines is 1. The Labute approximate surface area is 86.9 Å². The van der Waals surface area contributed by atoms with Crippen LogP contribution in [0.3, 0.4) is 0 Å². The van der Waals surface area contributed by atoms with Crippen LogP contribution in [0.4, 0.5) is 11.5 Å². The van der Waals surface area contributed by atoms with E-state index in [1.165, 1.54) is 12.3 Å². The molecule has 1 aromatic rings. The minimum Gasteiger partial charge on any atom is -0.355 e. The summed E-state index contributed by atoms with van der Waals surface area (Å²) in [5.74, 6) is 0.758. The van der Waals surface area contributed by atoms with E-state index in [2.05, 4.69) is 4.98 Å². The van der Waals surface area contributed by atoms with Gasteiger partial charge in [-0.05, 0) is 12.5 Å². The van der Waals surface area contributed by atoms with E-state index < -0.39 is 4.92 Å². The molecule has 1 aliphatic heterocycles. The molecule has 15 heavy (non-hydrogen) atoms. The van der Waals surface area contributed by atoms with Crippen LogP contribution in [0.1, 0.15) is 6.42 Å². The van der Waals surface area contributed by atoms with Crippen LogP contribution in [-0.2, 0) is 0 Å². The molecule has 6 nitrogen and oxygen atoms in total.